The summed E-state index contributed by atoms with van der Waals surface area (Å²) in [5.41, 5.74) is 0.0988. The lowest BCUT2D eigenvalue weighted by Gasteiger charge is -2.69. The highest BCUT2D eigenvalue weighted by molar-refractivity contribution is 6.03. The minimum absolute atomic E-state index is 0.0350. The molecule has 5 nitrogen and oxygen atoms in total. The number of likely N-dealkylation sites (tertiary alicyclic amines) is 1. The Kier molecular flexibility index (Phi) is 7.32. The minimum Gasteiger partial charge on any atom is -0.343 e. The van der Waals surface area contributed by atoms with Crippen molar-refractivity contribution in [1.82, 2.24) is 4.90 Å². The van der Waals surface area contributed by atoms with Crippen molar-refractivity contribution in [3.8, 4) is 0 Å². The van der Waals surface area contributed by atoms with E-state index in [0.29, 0.717) is 18.2 Å². The van der Waals surface area contributed by atoms with Crippen LogP contribution in [0.2, 0.25) is 0 Å². The molecule has 0 N–H and O–H groups in total. The first-order chi connectivity index (χ1) is 20.4. The number of rotatable bonds is 3. The van der Waals surface area contributed by atoms with Gasteiger partial charge in [0.25, 0.3) is 0 Å². The average Bonchev–Trinajstić information content (AvgIpc) is 2.95. The molecule has 0 aromatic rings. The van der Waals surface area contributed by atoms with E-state index in [4.69, 9.17) is 6.57 Å². The number of fused-ring (bicyclic) bond motifs is 7. The second kappa shape index (κ2) is 10.1. The van der Waals surface area contributed by atoms with Gasteiger partial charge in [0.1, 0.15) is 0 Å². The van der Waals surface area contributed by atoms with Gasteiger partial charge in [0.15, 0.2) is 11.6 Å². The van der Waals surface area contributed by atoms with Crippen LogP contribution in [0.1, 0.15) is 126 Å². The molecule has 6 aliphatic rings. The molecule has 0 aromatic heterocycles. The molecule has 44 heavy (non-hydrogen) atoms. The van der Waals surface area contributed by atoms with Gasteiger partial charge >= 0.3 is 0 Å². The zero-order chi connectivity index (χ0) is 32.1. The number of Topliss-reactive ketones (excluding diaryl/α,β-unsaturated/α-hetero) is 1. The first kappa shape index (κ1) is 31.7. The standard InChI is InChI=1S/C39H56N2O3/c1-25-12-20-41(21-13-25)31(43)11-15-39-18-16-34(2,3)23-26(39)32-28(42)22-30-36(6)24-27(40-9)33(44)35(4,5)29(36)10-14-37(30,7)38(32,8)17-19-39/h22,24-26,29,32H,10-21,23H2,1-8H3/t26-,29-,32-,36-,37+,38+,39+/m0/s1. The molecule has 1 amide bonds. The van der Waals surface area contributed by atoms with Gasteiger partial charge in [-0.2, -0.15) is 0 Å². The fourth-order valence-electron chi connectivity index (χ4n) is 11.9. The number of amides is 1. The summed E-state index contributed by atoms with van der Waals surface area (Å²) in [6, 6.07) is 0. The van der Waals surface area contributed by atoms with E-state index in [9.17, 15) is 14.4 Å². The highest BCUT2D eigenvalue weighted by Gasteiger charge is 2.69. The van der Waals surface area contributed by atoms with Gasteiger partial charge in [0, 0.05) is 36.3 Å². The zero-order valence-electron chi connectivity index (χ0n) is 28.8. The van der Waals surface area contributed by atoms with Crippen molar-refractivity contribution in [1.29, 1.82) is 0 Å². The second-order valence-corrected chi connectivity index (χ2v) is 18.2. The summed E-state index contributed by atoms with van der Waals surface area (Å²) in [4.78, 5) is 47.4. The summed E-state index contributed by atoms with van der Waals surface area (Å²) in [7, 11) is 0. The van der Waals surface area contributed by atoms with Gasteiger partial charge in [-0.15, -0.1) is 0 Å². The summed E-state index contributed by atoms with van der Waals surface area (Å²) in [5.74, 6) is 1.51. The Balaban J connectivity index is 1.38. The van der Waals surface area contributed by atoms with Gasteiger partial charge in [0.2, 0.25) is 11.6 Å². The van der Waals surface area contributed by atoms with Crippen LogP contribution >= 0.6 is 0 Å². The molecule has 5 heteroatoms. The Bertz CT molecular complexity index is 1370. The van der Waals surface area contributed by atoms with Crippen molar-refractivity contribution in [3.05, 3.63) is 34.8 Å². The molecule has 3 saturated carbocycles. The highest BCUT2D eigenvalue weighted by Crippen LogP contribution is 2.75. The Morgan fingerprint density at radius 2 is 1.61 bits per heavy atom. The number of hydrogen-bond donors (Lipinski definition) is 0. The van der Waals surface area contributed by atoms with Gasteiger partial charge in [-0.1, -0.05) is 67.0 Å². The van der Waals surface area contributed by atoms with E-state index in [1.807, 2.05) is 26.0 Å². The molecule has 4 fully saturated rings. The van der Waals surface area contributed by atoms with Crippen LogP contribution in [-0.2, 0) is 14.4 Å². The number of carbonyl (C=O) groups is 3. The summed E-state index contributed by atoms with van der Waals surface area (Å²) >= 11 is 0. The van der Waals surface area contributed by atoms with Crippen LogP contribution in [0.4, 0.5) is 0 Å². The topological polar surface area (TPSA) is 58.8 Å². The smallest absolute Gasteiger partial charge is 0.226 e. The Labute approximate surface area is 266 Å². The van der Waals surface area contributed by atoms with E-state index in [1.54, 1.807) is 0 Å². The molecular formula is C39H56N2O3. The van der Waals surface area contributed by atoms with Crippen LogP contribution in [0, 0.1) is 62.7 Å². The molecule has 1 saturated heterocycles. The third-order valence-corrected chi connectivity index (χ3v) is 15.0. The maximum atomic E-state index is 14.7. The molecule has 0 spiro atoms. The Hall–Kier alpha value is -2.22. The van der Waals surface area contributed by atoms with Crippen molar-refractivity contribution in [2.75, 3.05) is 13.1 Å². The van der Waals surface area contributed by atoms with E-state index in [1.165, 1.54) is 5.57 Å². The van der Waals surface area contributed by atoms with Gasteiger partial charge in [-0.05, 0) is 110 Å². The monoisotopic (exact) mass is 600 g/mol. The van der Waals surface area contributed by atoms with Crippen LogP contribution in [0.15, 0.2) is 23.4 Å². The molecule has 5 aliphatic carbocycles. The molecule has 1 heterocycles. The zero-order valence-corrected chi connectivity index (χ0v) is 28.8. The maximum Gasteiger partial charge on any atom is 0.226 e. The first-order valence-corrected chi connectivity index (χ1v) is 17.6. The predicted octanol–water partition coefficient (Wildman–Crippen LogP) is 8.60. The SMILES string of the molecule is [C-]#[N+]C1=C[C@]2(C)C3=CC(=O)[C@@H]4[C@@H]5CC(C)(C)CC[C@]5(CCC(=O)N5CCC(C)CC5)CC[C@@]4(C)[C@]3(C)CC[C@H]2C(C)(C)C1=O. The maximum absolute atomic E-state index is 14.7. The number of allylic oxidation sites excluding steroid dienone is 4. The first-order valence-electron chi connectivity index (χ1n) is 17.6. The van der Waals surface area contributed by atoms with E-state index in [-0.39, 0.29) is 56.7 Å². The molecule has 1 aliphatic heterocycles. The van der Waals surface area contributed by atoms with Crippen LogP contribution < -0.4 is 0 Å². The summed E-state index contributed by atoms with van der Waals surface area (Å²) in [6.45, 7) is 27.7. The van der Waals surface area contributed by atoms with Crippen molar-refractivity contribution in [2.24, 2.45) is 56.2 Å². The molecule has 6 rings (SSSR count). The van der Waals surface area contributed by atoms with Crippen molar-refractivity contribution >= 4 is 17.5 Å². The number of hydrogen-bond acceptors (Lipinski definition) is 3. The largest absolute Gasteiger partial charge is 0.343 e. The van der Waals surface area contributed by atoms with Gasteiger partial charge in [-0.25, -0.2) is 4.85 Å². The third kappa shape index (κ3) is 4.39. The van der Waals surface area contributed by atoms with E-state index >= 15 is 0 Å². The molecule has 240 valence electrons. The molecule has 7 atom stereocenters. The van der Waals surface area contributed by atoms with E-state index in [0.717, 1.165) is 77.3 Å². The van der Waals surface area contributed by atoms with Gasteiger partial charge in [0.05, 0.1) is 6.57 Å². The van der Waals surface area contributed by atoms with Crippen LogP contribution in [0.25, 0.3) is 4.85 Å². The lowest BCUT2D eigenvalue weighted by Crippen LogP contribution is -2.64. The van der Waals surface area contributed by atoms with E-state index in [2.05, 4.69) is 51.3 Å². The van der Waals surface area contributed by atoms with Crippen LogP contribution in [0.3, 0.4) is 0 Å². The van der Waals surface area contributed by atoms with Crippen LogP contribution in [-0.4, -0.2) is 35.5 Å². The highest BCUT2D eigenvalue weighted by atomic mass is 16.2. The summed E-state index contributed by atoms with van der Waals surface area (Å²) in [5, 5.41) is 0. The van der Waals surface area contributed by atoms with Crippen molar-refractivity contribution < 1.29 is 14.4 Å². The molecule has 0 bridgehead atoms. The number of carbonyl (C=O) groups excluding carboxylic acids is 3. The fourth-order valence-corrected chi connectivity index (χ4v) is 11.9. The number of nitrogens with zero attached hydrogens (tertiary/aromatic N) is 2. The molecule has 0 unspecified atom stereocenters. The summed E-state index contributed by atoms with van der Waals surface area (Å²) < 4.78 is 0. The lowest BCUT2D eigenvalue weighted by atomic mass is 9.34. The lowest BCUT2D eigenvalue weighted by molar-refractivity contribution is -0.173. The summed E-state index contributed by atoms with van der Waals surface area (Å²) in [6.07, 6.45) is 14.9. The average molecular weight is 601 g/mol. The van der Waals surface area contributed by atoms with Crippen LogP contribution in [0.5, 0.6) is 0 Å². The fraction of sp³-hybridized carbons (Fsp3) is 0.795. The Morgan fingerprint density at radius 1 is 0.955 bits per heavy atom. The second-order valence-electron chi connectivity index (χ2n) is 18.2. The molecule has 0 aromatic carbocycles. The predicted molar refractivity (Wildman–Crippen MR) is 174 cm³/mol. The quantitative estimate of drug-likeness (QED) is 0.305. The molecule has 0 radical (unpaired) electrons. The van der Waals surface area contributed by atoms with Crippen molar-refractivity contribution in [3.63, 3.8) is 0 Å². The van der Waals surface area contributed by atoms with Gasteiger partial charge in [-0.3, -0.25) is 9.59 Å². The molecular weight excluding hydrogens is 544 g/mol. The van der Waals surface area contributed by atoms with Crippen molar-refractivity contribution in [2.45, 2.75) is 126 Å². The number of piperidine rings is 1. The normalized spacial score (nSPS) is 43.0. The van der Waals surface area contributed by atoms with E-state index < -0.39 is 10.8 Å². The minimum atomic E-state index is -0.638. The van der Waals surface area contributed by atoms with Gasteiger partial charge < -0.3 is 9.69 Å². The third-order valence-electron chi connectivity index (χ3n) is 15.0. The number of ketones is 2. The Morgan fingerprint density at radius 3 is 2.27 bits per heavy atom.